The molecule has 0 aliphatic carbocycles. The molecule has 1 aliphatic rings. The zero-order valence-electron chi connectivity index (χ0n) is 15.7. The van der Waals surface area contributed by atoms with E-state index < -0.39 is 17.7 Å². The van der Waals surface area contributed by atoms with Gasteiger partial charge in [0.25, 0.3) is 11.7 Å². The van der Waals surface area contributed by atoms with Gasteiger partial charge >= 0.3 is 0 Å². The molecule has 1 aliphatic heterocycles. The molecule has 29 heavy (non-hydrogen) atoms. The zero-order valence-corrected chi connectivity index (χ0v) is 17.3. The largest absolute Gasteiger partial charge is 0.507 e. The molecule has 3 aromatic rings. The van der Waals surface area contributed by atoms with Crippen LogP contribution in [0.15, 0.2) is 88.9 Å². The summed E-state index contributed by atoms with van der Waals surface area (Å²) in [6, 6.07) is 23.0. The van der Waals surface area contributed by atoms with E-state index in [-0.39, 0.29) is 11.3 Å². The summed E-state index contributed by atoms with van der Waals surface area (Å²) in [5, 5.41) is 11.0. The fourth-order valence-corrected chi connectivity index (χ4v) is 3.85. The van der Waals surface area contributed by atoms with Crippen LogP contribution in [0.2, 0.25) is 0 Å². The van der Waals surface area contributed by atoms with Crippen LogP contribution in [0.5, 0.6) is 0 Å². The van der Waals surface area contributed by atoms with Gasteiger partial charge in [0.15, 0.2) is 0 Å². The third-order valence-corrected chi connectivity index (χ3v) is 5.49. The molecule has 0 aromatic heterocycles. The smallest absolute Gasteiger partial charge is 0.300 e. The van der Waals surface area contributed by atoms with Gasteiger partial charge in [0.2, 0.25) is 0 Å². The van der Waals surface area contributed by atoms with E-state index in [4.69, 9.17) is 0 Å². The van der Waals surface area contributed by atoms with Crippen molar-refractivity contribution in [1.82, 2.24) is 0 Å². The van der Waals surface area contributed by atoms with Crippen LogP contribution in [0.25, 0.3) is 5.76 Å². The average Bonchev–Trinajstić information content (AvgIpc) is 2.99. The molecule has 0 radical (unpaired) electrons. The monoisotopic (exact) mass is 447 g/mol. The predicted octanol–water partition coefficient (Wildman–Crippen LogP) is 5.38. The van der Waals surface area contributed by atoms with Gasteiger partial charge in [-0.25, -0.2) is 0 Å². The number of ketones is 1. The molecule has 4 rings (SSSR count). The number of hydrogen-bond donors (Lipinski definition) is 1. The van der Waals surface area contributed by atoms with E-state index in [1.165, 1.54) is 4.90 Å². The second-order valence-electron chi connectivity index (χ2n) is 6.93. The summed E-state index contributed by atoms with van der Waals surface area (Å²) in [6.07, 6.45) is 0. The lowest BCUT2D eigenvalue weighted by atomic mass is 9.95. The number of benzene rings is 3. The Morgan fingerprint density at radius 2 is 1.62 bits per heavy atom. The lowest BCUT2D eigenvalue weighted by Gasteiger charge is -2.25. The van der Waals surface area contributed by atoms with Crippen molar-refractivity contribution in [2.45, 2.75) is 13.0 Å². The third-order valence-electron chi connectivity index (χ3n) is 4.96. The predicted molar refractivity (Wildman–Crippen MR) is 117 cm³/mol. The second-order valence-corrected chi connectivity index (χ2v) is 7.84. The quantitative estimate of drug-likeness (QED) is 0.332. The molecule has 1 heterocycles. The Hall–Kier alpha value is -3.18. The van der Waals surface area contributed by atoms with Crippen LogP contribution in [0.1, 0.15) is 22.7 Å². The number of halogens is 1. The van der Waals surface area contributed by atoms with Gasteiger partial charge in [-0.1, -0.05) is 70.5 Å². The molecule has 144 valence electrons. The van der Waals surface area contributed by atoms with Crippen LogP contribution < -0.4 is 4.90 Å². The molecule has 1 fully saturated rings. The first kappa shape index (κ1) is 19.2. The van der Waals surface area contributed by atoms with Crippen molar-refractivity contribution >= 4 is 39.1 Å². The molecular weight excluding hydrogens is 430 g/mol. The molecule has 1 atom stereocenters. The van der Waals surface area contributed by atoms with Gasteiger partial charge in [-0.15, -0.1) is 0 Å². The van der Waals surface area contributed by atoms with E-state index >= 15 is 0 Å². The molecule has 4 nitrogen and oxygen atoms in total. The van der Waals surface area contributed by atoms with Crippen LogP contribution in [0.4, 0.5) is 5.69 Å². The van der Waals surface area contributed by atoms with Gasteiger partial charge in [0, 0.05) is 15.7 Å². The summed E-state index contributed by atoms with van der Waals surface area (Å²) in [7, 11) is 0. The zero-order chi connectivity index (χ0) is 20.5. The Kier molecular flexibility index (Phi) is 5.07. The SMILES string of the molecule is Cc1cccc(N2C(=O)C(=O)/C(=C(/O)c3ccc(Br)cc3)C2c2ccccc2)c1. The van der Waals surface area contributed by atoms with Crippen LogP contribution >= 0.6 is 15.9 Å². The molecule has 3 aromatic carbocycles. The van der Waals surface area contributed by atoms with Gasteiger partial charge in [-0.05, 0) is 42.3 Å². The molecule has 0 spiro atoms. The lowest BCUT2D eigenvalue weighted by molar-refractivity contribution is -0.132. The van der Waals surface area contributed by atoms with Crippen LogP contribution in [0.3, 0.4) is 0 Å². The van der Waals surface area contributed by atoms with Crippen molar-refractivity contribution < 1.29 is 14.7 Å². The summed E-state index contributed by atoms with van der Waals surface area (Å²) < 4.78 is 0.855. The summed E-state index contributed by atoms with van der Waals surface area (Å²) in [5.74, 6) is -1.52. The third kappa shape index (κ3) is 3.49. The number of Topliss-reactive ketones (excluding diaryl/α,β-unsaturated/α-hetero) is 1. The van der Waals surface area contributed by atoms with Crippen LogP contribution in [-0.2, 0) is 9.59 Å². The number of hydrogen-bond acceptors (Lipinski definition) is 3. The summed E-state index contributed by atoms with van der Waals surface area (Å²) >= 11 is 3.37. The topological polar surface area (TPSA) is 57.6 Å². The molecular formula is C24H18BrNO3. The highest BCUT2D eigenvalue weighted by Gasteiger charge is 2.46. The van der Waals surface area contributed by atoms with Crippen molar-refractivity contribution in [1.29, 1.82) is 0 Å². The second kappa shape index (κ2) is 7.68. The highest BCUT2D eigenvalue weighted by atomic mass is 79.9. The molecule has 1 N–H and O–H groups in total. The maximum atomic E-state index is 13.0. The molecule has 1 amide bonds. The first-order valence-corrected chi connectivity index (χ1v) is 9.95. The molecule has 5 heteroatoms. The van der Waals surface area contributed by atoms with Gasteiger partial charge in [-0.3, -0.25) is 14.5 Å². The minimum Gasteiger partial charge on any atom is -0.507 e. The van der Waals surface area contributed by atoms with E-state index in [2.05, 4.69) is 15.9 Å². The number of carbonyl (C=O) groups is 2. The van der Waals surface area contributed by atoms with Crippen molar-refractivity contribution in [3.63, 3.8) is 0 Å². The number of aliphatic hydroxyl groups is 1. The number of rotatable bonds is 3. The van der Waals surface area contributed by atoms with E-state index in [0.717, 1.165) is 15.6 Å². The standard InChI is InChI=1S/C24H18BrNO3/c1-15-6-5-9-19(14-15)26-21(16-7-3-2-4-8-16)20(23(28)24(26)29)22(27)17-10-12-18(25)13-11-17/h2-14,21,27H,1H3/b22-20+. The number of nitrogens with zero attached hydrogens (tertiary/aromatic N) is 1. The maximum absolute atomic E-state index is 13.0. The Balaban J connectivity index is 1.94. The van der Waals surface area contributed by atoms with Crippen molar-refractivity contribution in [3.8, 4) is 0 Å². The Bertz CT molecular complexity index is 1120. The number of anilines is 1. The van der Waals surface area contributed by atoms with Gasteiger partial charge in [-0.2, -0.15) is 0 Å². The lowest BCUT2D eigenvalue weighted by Crippen LogP contribution is -2.29. The Morgan fingerprint density at radius 3 is 2.28 bits per heavy atom. The van der Waals surface area contributed by atoms with E-state index in [9.17, 15) is 14.7 Å². The minimum atomic E-state index is -0.707. The minimum absolute atomic E-state index is 0.0880. The number of amides is 1. The Morgan fingerprint density at radius 1 is 0.931 bits per heavy atom. The number of aliphatic hydroxyl groups excluding tert-OH is 1. The van der Waals surface area contributed by atoms with Crippen LogP contribution in [0, 0.1) is 6.92 Å². The van der Waals surface area contributed by atoms with Crippen molar-refractivity contribution in [2.75, 3.05) is 4.90 Å². The summed E-state index contributed by atoms with van der Waals surface area (Å²) in [4.78, 5) is 27.5. The molecule has 0 saturated carbocycles. The maximum Gasteiger partial charge on any atom is 0.300 e. The van der Waals surface area contributed by atoms with Gasteiger partial charge < -0.3 is 5.11 Å². The fraction of sp³-hybridized carbons (Fsp3) is 0.0833. The molecule has 0 bridgehead atoms. The summed E-state index contributed by atoms with van der Waals surface area (Å²) in [6.45, 7) is 1.93. The number of aryl methyl sites for hydroxylation is 1. The van der Waals surface area contributed by atoms with Crippen LogP contribution in [-0.4, -0.2) is 16.8 Å². The first-order chi connectivity index (χ1) is 14.0. The van der Waals surface area contributed by atoms with Crippen molar-refractivity contribution in [3.05, 3.63) is 106 Å². The van der Waals surface area contributed by atoms with Crippen molar-refractivity contribution in [2.24, 2.45) is 0 Å². The highest BCUT2D eigenvalue weighted by molar-refractivity contribution is 9.10. The Labute approximate surface area is 177 Å². The number of carbonyl (C=O) groups excluding carboxylic acids is 2. The van der Waals surface area contributed by atoms with Gasteiger partial charge in [0.05, 0.1) is 11.6 Å². The fourth-order valence-electron chi connectivity index (χ4n) is 3.59. The summed E-state index contributed by atoms with van der Waals surface area (Å²) in [5.41, 5.74) is 2.92. The molecule has 1 saturated heterocycles. The van der Waals surface area contributed by atoms with E-state index in [1.54, 1.807) is 30.3 Å². The van der Waals surface area contributed by atoms with E-state index in [1.807, 2.05) is 55.5 Å². The normalized spacial score (nSPS) is 18.3. The van der Waals surface area contributed by atoms with Gasteiger partial charge in [0.1, 0.15) is 5.76 Å². The first-order valence-electron chi connectivity index (χ1n) is 9.16. The highest BCUT2D eigenvalue weighted by Crippen LogP contribution is 2.42. The average molecular weight is 448 g/mol. The molecule has 1 unspecified atom stereocenters. The van der Waals surface area contributed by atoms with E-state index in [0.29, 0.717) is 11.3 Å².